The van der Waals surface area contributed by atoms with Crippen LogP contribution < -0.4 is 5.32 Å². The van der Waals surface area contributed by atoms with E-state index < -0.39 is 0 Å². The lowest BCUT2D eigenvalue weighted by Gasteiger charge is -2.19. The Labute approximate surface area is 153 Å². The van der Waals surface area contributed by atoms with Crippen molar-refractivity contribution >= 4 is 10.9 Å². The quantitative estimate of drug-likeness (QED) is 0.553. The smallest absolute Gasteiger partial charge is 0.0746 e. The molecule has 3 heteroatoms. The summed E-state index contributed by atoms with van der Waals surface area (Å²) in [5.41, 5.74) is 4.63. The van der Waals surface area contributed by atoms with Gasteiger partial charge >= 0.3 is 0 Å². The fourth-order valence-corrected chi connectivity index (χ4v) is 3.26. The second-order valence-corrected chi connectivity index (χ2v) is 6.36. The van der Waals surface area contributed by atoms with Crippen molar-refractivity contribution in [2.75, 3.05) is 0 Å². The van der Waals surface area contributed by atoms with Crippen molar-refractivity contribution < 1.29 is 0 Å². The molecular weight excluding hydrogens is 318 g/mol. The molecule has 26 heavy (non-hydrogen) atoms. The molecule has 0 fully saturated rings. The predicted molar refractivity (Wildman–Crippen MR) is 106 cm³/mol. The summed E-state index contributed by atoms with van der Waals surface area (Å²) in [7, 11) is 0. The van der Waals surface area contributed by atoms with Gasteiger partial charge in [-0.2, -0.15) is 0 Å². The number of aromatic nitrogens is 2. The van der Waals surface area contributed by atoms with Gasteiger partial charge in [-0.15, -0.1) is 0 Å². The number of benzene rings is 2. The van der Waals surface area contributed by atoms with Gasteiger partial charge in [0.05, 0.1) is 5.52 Å². The summed E-state index contributed by atoms with van der Waals surface area (Å²) in [4.78, 5) is 9.06. The fraction of sp³-hybridized carbons (Fsp3) is 0.130. The predicted octanol–water partition coefficient (Wildman–Crippen LogP) is 4.70. The molecule has 128 valence electrons. The van der Waals surface area contributed by atoms with Gasteiger partial charge in [0.15, 0.2) is 0 Å². The minimum atomic E-state index is 0.199. The summed E-state index contributed by atoms with van der Waals surface area (Å²) >= 11 is 0. The van der Waals surface area contributed by atoms with Crippen LogP contribution in [0.2, 0.25) is 0 Å². The summed E-state index contributed by atoms with van der Waals surface area (Å²) in [6, 6.07) is 27.3. The van der Waals surface area contributed by atoms with Gasteiger partial charge in [-0.05, 0) is 29.3 Å². The number of rotatable bonds is 6. The zero-order valence-electron chi connectivity index (χ0n) is 14.5. The van der Waals surface area contributed by atoms with E-state index in [0.29, 0.717) is 0 Å². The Morgan fingerprint density at radius 3 is 2.38 bits per heavy atom. The average molecular weight is 339 g/mol. The molecule has 0 unspecified atom stereocenters. The Bertz CT molecular complexity index is 963. The summed E-state index contributed by atoms with van der Waals surface area (Å²) in [6.07, 6.45) is 4.56. The molecule has 0 saturated heterocycles. The third-order valence-corrected chi connectivity index (χ3v) is 4.60. The molecule has 1 atom stereocenters. The van der Waals surface area contributed by atoms with Crippen LogP contribution in [0.3, 0.4) is 0 Å². The van der Waals surface area contributed by atoms with Crippen LogP contribution in [-0.2, 0) is 13.0 Å². The molecular formula is C23H21N3. The largest absolute Gasteiger partial charge is 0.305 e. The Morgan fingerprint density at radius 1 is 0.731 bits per heavy atom. The number of nitrogens with zero attached hydrogens (tertiary/aromatic N) is 2. The minimum absolute atomic E-state index is 0.199. The van der Waals surface area contributed by atoms with Crippen LogP contribution in [0.4, 0.5) is 0 Å². The first-order valence-electron chi connectivity index (χ1n) is 8.91. The lowest BCUT2D eigenvalue weighted by atomic mass is 10.0. The lowest BCUT2D eigenvalue weighted by Crippen LogP contribution is -2.23. The summed E-state index contributed by atoms with van der Waals surface area (Å²) in [5, 5.41) is 4.89. The molecule has 2 aromatic carbocycles. The number of hydrogen-bond donors (Lipinski definition) is 1. The molecule has 3 nitrogen and oxygen atoms in total. The summed E-state index contributed by atoms with van der Waals surface area (Å²) in [6.45, 7) is 0.765. The van der Waals surface area contributed by atoms with Crippen LogP contribution in [0.25, 0.3) is 10.9 Å². The van der Waals surface area contributed by atoms with E-state index in [1.807, 2.05) is 30.6 Å². The molecule has 0 radical (unpaired) electrons. The highest BCUT2D eigenvalue weighted by Crippen LogP contribution is 2.20. The zero-order chi connectivity index (χ0) is 17.6. The molecule has 2 heterocycles. The zero-order valence-corrected chi connectivity index (χ0v) is 14.5. The van der Waals surface area contributed by atoms with Crippen LogP contribution in [0, 0.1) is 0 Å². The van der Waals surface area contributed by atoms with E-state index >= 15 is 0 Å². The summed E-state index contributed by atoms with van der Waals surface area (Å²) in [5.74, 6) is 0. The van der Waals surface area contributed by atoms with Crippen molar-refractivity contribution in [1.29, 1.82) is 0 Å². The second kappa shape index (κ2) is 7.89. The monoisotopic (exact) mass is 339 g/mol. The van der Waals surface area contributed by atoms with Gasteiger partial charge in [-0.25, -0.2) is 0 Å². The normalized spacial score (nSPS) is 12.2. The maximum Gasteiger partial charge on any atom is 0.0746 e. The molecule has 0 saturated carbocycles. The fourth-order valence-electron chi connectivity index (χ4n) is 3.26. The van der Waals surface area contributed by atoms with E-state index in [-0.39, 0.29) is 6.04 Å². The topological polar surface area (TPSA) is 37.8 Å². The average Bonchev–Trinajstić information content (AvgIpc) is 2.72. The molecule has 0 aliphatic rings. The SMILES string of the molecule is c1ccc([C@H](Cc2ccccn2)NCc2cccc3cccnc23)cc1. The van der Waals surface area contributed by atoms with Gasteiger partial charge in [0.2, 0.25) is 0 Å². The van der Waals surface area contributed by atoms with Gasteiger partial charge in [-0.3, -0.25) is 9.97 Å². The molecule has 4 rings (SSSR count). The van der Waals surface area contributed by atoms with Crippen molar-refractivity contribution in [3.63, 3.8) is 0 Å². The van der Waals surface area contributed by atoms with Crippen molar-refractivity contribution in [2.45, 2.75) is 19.0 Å². The molecule has 0 aliphatic carbocycles. The van der Waals surface area contributed by atoms with E-state index in [2.05, 4.69) is 75.9 Å². The minimum Gasteiger partial charge on any atom is -0.305 e. The highest BCUT2D eigenvalue weighted by atomic mass is 14.9. The van der Waals surface area contributed by atoms with Gasteiger partial charge in [0, 0.05) is 42.5 Å². The first-order valence-corrected chi connectivity index (χ1v) is 8.91. The Hall–Kier alpha value is -3.04. The van der Waals surface area contributed by atoms with Crippen LogP contribution in [0.1, 0.15) is 22.9 Å². The maximum absolute atomic E-state index is 4.56. The molecule has 0 spiro atoms. The van der Waals surface area contributed by atoms with E-state index in [1.54, 1.807) is 0 Å². The van der Waals surface area contributed by atoms with Gasteiger partial charge in [-0.1, -0.05) is 60.7 Å². The maximum atomic E-state index is 4.56. The summed E-state index contributed by atoms with van der Waals surface area (Å²) < 4.78 is 0. The van der Waals surface area contributed by atoms with Crippen molar-refractivity contribution in [3.05, 3.63) is 108 Å². The molecule has 0 bridgehead atoms. The first-order chi connectivity index (χ1) is 12.9. The Kier molecular flexibility index (Phi) is 4.99. The number of fused-ring (bicyclic) bond motifs is 1. The van der Waals surface area contributed by atoms with Crippen LogP contribution in [0.15, 0.2) is 91.3 Å². The van der Waals surface area contributed by atoms with Gasteiger partial charge < -0.3 is 5.32 Å². The highest BCUT2D eigenvalue weighted by molar-refractivity contribution is 5.81. The van der Waals surface area contributed by atoms with Crippen LogP contribution in [-0.4, -0.2) is 9.97 Å². The van der Waals surface area contributed by atoms with Crippen molar-refractivity contribution in [2.24, 2.45) is 0 Å². The molecule has 0 amide bonds. The van der Waals surface area contributed by atoms with Crippen LogP contribution in [0.5, 0.6) is 0 Å². The van der Waals surface area contributed by atoms with Gasteiger partial charge in [0.25, 0.3) is 0 Å². The van der Waals surface area contributed by atoms with E-state index in [9.17, 15) is 0 Å². The first kappa shape index (κ1) is 16.4. The third-order valence-electron chi connectivity index (χ3n) is 4.60. The van der Waals surface area contributed by atoms with Crippen LogP contribution >= 0.6 is 0 Å². The Morgan fingerprint density at radius 2 is 1.54 bits per heavy atom. The number of pyridine rings is 2. The Balaban J connectivity index is 1.58. The van der Waals surface area contributed by atoms with E-state index in [1.165, 1.54) is 16.5 Å². The molecule has 1 N–H and O–H groups in total. The highest BCUT2D eigenvalue weighted by Gasteiger charge is 2.13. The number of hydrogen-bond acceptors (Lipinski definition) is 3. The van der Waals surface area contributed by atoms with E-state index in [0.717, 1.165) is 24.2 Å². The number of para-hydroxylation sites is 1. The molecule has 0 aliphatic heterocycles. The van der Waals surface area contributed by atoms with E-state index in [4.69, 9.17) is 0 Å². The molecule has 2 aromatic heterocycles. The van der Waals surface area contributed by atoms with Crippen molar-refractivity contribution in [1.82, 2.24) is 15.3 Å². The third kappa shape index (κ3) is 3.79. The standard InChI is InChI=1S/C23H21N3/c1-2-8-18(9-3-1)22(16-21-13-4-5-14-24-21)26-17-20-11-6-10-19-12-7-15-25-23(19)20/h1-15,22,26H,16-17H2/t22-/m0/s1. The second-order valence-electron chi connectivity index (χ2n) is 6.36. The molecule has 4 aromatic rings. The van der Waals surface area contributed by atoms with Crippen molar-refractivity contribution in [3.8, 4) is 0 Å². The number of nitrogens with one attached hydrogen (secondary N) is 1. The van der Waals surface area contributed by atoms with Gasteiger partial charge in [0.1, 0.15) is 0 Å². The lowest BCUT2D eigenvalue weighted by molar-refractivity contribution is 0.526.